The Balaban J connectivity index is 2.72. The molecule has 3 nitrogen and oxygen atoms in total. The maximum absolute atomic E-state index is 11.5. The summed E-state index contributed by atoms with van der Waals surface area (Å²) in [4.78, 5) is 11.5. The van der Waals surface area contributed by atoms with Gasteiger partial charge in [0.2, 0.25) is 0 Å². The van der Waals surface area contributed by atoms with Crippen LogP contribution in [0.5, 0.6) is 0 Å². The molecule has 2 N–H and O–H groups in total. The molecular weight excluding hydrogens is 176 g/mol. The third kappa shape index (κ3) is 3.00. The number of hydrogen-bond acceptors (Lipinski definition) is 2. The van der Waals surface area contributed by atoms with Gasteiger partial charge in [-0.2, -0.15) is 0 Å². The molecule has 0 aliphatic heterocycles. The van der Waals surface area contributed by atoms with Crippen LogP contribution >= 0.6 is 0 Å². The zero-order valence-electron chi connectivity index (χ0n) is 8.86. The van der Waals surface area contributed by atoms with Crippen LogP contribution in [0.3, 0.4) is 0 Å². The first-order chi connectivity index (χ1) is 6.63. The van der Waals surface area contributed by atoms with Crippen molar-refractivity contribution in [2.24, 2.45) is 5.73 Å². The average molecular weight is 194 g/mol. The van der Waals surface area contributed by atoms with Crippen molar-refractivity contribution in [1.82, 2.24) is 4.57 Å². The second kappa shape index (κ2) is 4.96. The molecule has 1 unspecified atom stereocenters. The van der Waals surface area contributed by atoms with Gasteiger partial charge in [0.05, 0.1) is 0 Å². The highest BCUT2D eigenvalue weighted by molar-refractivity contribution is 5.08. The van der Waals surface area contributed by atoms with Gasteiger partial charge in [-0.1, -0.05) is 13.3 Å². The van der Waals surface area contributed by atoms with Crippen LogP contribution in [0.15, 0.2) is 23.1 Å². The molecule has 1 aromatic heterocycles. The molecule has 0 bridgehead atoms. The van der Waals surface area contributed by atoms with Gasteiger partial charge in [0.25, 0.3) is 5.56 Å². The highest BCUT2D eigenvalue weighted by Gasteiger charge is 2.03. The van der Waals surface area contributed by atoms with Gasteiger partial charge >= 0.3 is 0 Å². The summed E-state index contributed by atoms with van der Waals surface area (Å²) in [6.07, 6.45) is 3.83. The molecule has 0 spiro atoms. The summed E-state index contributed by atoms with van der Waals surface area (Å²) in [5.41, 5.74) is 6.90. The van der Waals surface area contributed by atoms with Gasteiger partial charge in [0.1, 0.15) is 0 Å². The van der Waals surface area contributed by atoms with Gasteiger partial charge in [-0.15, -0.1) is 0 Å². The molecular formula is C11H18N2O. The first kappa shape index (κ1) is 11.0. The van der Waals surface area contributed by atoms with E-state index in [1.807, 2.05) is 19.2 Å². The predicted octanol–water partition coefficient (Wildman–Crippen LogP) is 1.28. The molecule has 0 radical (unpaired) electrons. The Bertz CT molecular complexity index is 343. The minimum absolute atomic E-state index is 0.0385. The van der Waals surface area contributed by atoms with Gasteiger partial charge in [0, 0.05) is 24.8 Å². The van der Waals surface area contributed by atoms with E-state index >= 15 is 0 Å². The van der Waals surface area contributed by atoms with Gasteiger partial charge in [-0.3, -0.25) is 4.79 Å². The summed E-state index contributed by atoms with van der Waals surface area (Å²) in [5.74, 6) is 0. The molecule has 1 heterocycles. The molecule has 3 heteroatoms. The topological polar surface area (TPSA) is 48.0 Å². The number of nitrogens with zero attached hydrogens (tertiary/aromatic N) is 1. The third-order valence-electron chi connectivity index (χ3n) is 2.24. The molecule has 14 heavy (non-hydrogen) atoms. The molecule has 1 aromatic rings. The number of hydrogen-bond donors (Lipinski definition) is 1. The lowest BCUT2D eigenvalue weighted by Crippen LogP contribution is -2.31. The van der Waals surface area contributed by atoms with Crippen molar-refractivity contribution in [3.63, 3.8) is 0 Å². The van der Waals surface area contributed by atoms with Crippen LogP contribution in [0, 0.1) is 6.92 Å². The fourth-order valence-corrected chi connectivity index (χ4v) is 1.47. The fourth-order valence-electron chi connectivity index (χ4n) is 1.47. The quantitative estimate of drug-likeness (QED) is 0.785. The lowest BCUT2D eigenvalue weighted by molar-refractivity contribution is 0.504. The van der Waals surface area contributed by atoms with Crippen molar-refractivity contribution in [1.29, 1.82) is 0 Å². The molecule has 0 aliphatic rings. The van der Waals surface area contributed by atoms with Crippen LogP contribution in [0.4, 0.5) is 0 Å². The predicted molar refractivity (Wildman–Crippen MR) is 58.3 cm³/mol. The molecule has 0 fully saturated rings. The summed E-state index contributed by atoms with van der Waals surface area (Å²) in [6.45, 7) is 4.63. The number of nitrogens with two attached hydrogens (primary N) is 1. The number of pyridine rings is 1. The Kier molecular flexibility index (Phi) is 3.89. The maximum atomic E-state index is 11.5. The molecule has 1 rings (SSSR count). The van der Waals surface area contributed by atoms with Gasteiger partial charge in [0.15, 0.2) is 0 Å². The van der Waals surface area contributed by atoms with E-state index in [0.29, 0.717) is 6.54 Å². The van der Waals surface area contributed by atoms with E-state index in [1.165, 1.54) is 0 Å². The zero-order chi connectivity index (χ0) is 10.6. The van der Waals surface area contributed by atoms with Gasteiger partial charge in [-0.25, -0.2) is 0 Å². The van der Waals surface area contributed by atoms with Crippen molar-refractivity contribution in [2.75, 3.05) is 0 Å². The number of aromatic nitrogens is 1. The second-order valence-electron chi connectivity index (χ2n) is 3.74. The summed E-state index contributed by atoms with van der Waals surface area (Å²) in [7, 11) is 0. The molecule has 0 amide bonds. The Morgan fingerprint density at radius 1 is 1.57 bits per heavy atom. The fraction of sp³-hybridized carbons (Fsp3) is 0.545. The minimum Gasteiger partial charge on any atom is -0.326 e. The zero-order valence-corrected chi connectivity index (χ0v) is 8.86. The Morgan fingerprint density at radius 3 is 2.86 bits per heavy atom. The van der Waals surface area contributed by atoms with E-state index in [9.17, 15) is 4.79 Å². The maximum Gasteiger partial charge on any atom is 0.250 e. The molecule has 0 aromatic carbocycles. The van der Waals surface area contributed by atoms with E-state index in [1.54, 1.807) is 10.6 Å². The van der Waals surface area contributed by atoms with Crippen LogP contribution in [-0.2, 0) is 6.54 Å². The van der Waals surface area contributed by atoms with E-state index in [0.717, 1.165) is 18.4 Å². The third-order valence-corrected chi connectivity index (χ3v) is 2.24. The lowest BCUT2D eigenvalue weighted by Gasteiger charge is -2.12. The van der Waals surface area contributed by atoms with E-state index in [4.69, 9.17) is 5.73 Å². The van der Waals surface area contributed by atoms with Crippen molar-refractivity contribution in [3.8, 4) is 0 Å². The minimum atomic E-state index is 0.0385. The van der Waals surface area contributed by atoms with Crippen molar-refractivity contribution in [3.05, 3.63) is 34.2 Å². The van der Waals surface area contributed by atoms with Crippen molar-refractivity contribution >= 4 is 0 Å². The number of aryl methyl sites for hydroxylation is 1. The molecule has 0 saturated heterocycles. The second-order valence-corrected chi connectivity index (χ2v) is 3.74. The van der Waals surface area contributed by atoms with Crippen LogP contribution < -0.4 is 11.3 Å². The molecule has 0 aliphatic carbocycles. The summed E-state index contributed by atoms with van der Waals surface area (Å²) in [6, 6.07) is 3.65. The molecule has 78 valence electrons. The summed E-state index contributed by atoms with van der Waals surface area (Å²) >= 11 is 0. The largest absolute Gasteiger partial charge is 0.326 e. The SMILES string of the molecule is CCCC(N)Cn1ccc(C)cc1=O. The highest BCUT2D eigenvalue weighted by atomic mass is 16.1. The lowest BCUT2D eigenvalue weighted by atomic mass is 10.2. The normalized spacial score (nSPS) is 12.8. The standard InChI is InChI=1S/C11H18N2O/c1-3-4-10(12)8-13-6-5-9(2)7-11(13)14/h5-7,10H,3-4,8,12H2,1-2H3. The molecule has 1 atom stereocenters. The first-order valence-electron chi connectivity index (χ1n) is 5.06. The van der Waals surface area contributed by atoms with Crippen LogP contribution in [-0.4, -0.2) is 10.6 Å². The van der Waals surface area contributed by atoms with Gasteiger partial charge < -0.3 is 10.3 Å². The van der Waals surface area contributed by atoms with Crippen LogP contribution in [0.25, 0.3) is 0 Å². The Morgan fingerprint density at radius 2 is 2.29 bits per heavy atom. The van der Waals surface area contributed by atoms with Gasteiger partial charge in [-0.05, 0) is 25.0 Å². The summed E-state index contributed by atoms with van der Waals surface area (Å²) < 4.78 is 1.67. The number of rotatable bonds is 4. The monoisotopic (exact) mass is 194 g/mol. The smallest absolute Gasteiger partial charge is 0.250 e. The Labute approximate surface area is 84.6 Å². The van der Waals surface area contributed by atoms with Crippen molar-refractivity contribution in [2.45, 2.75) is 39.3 Å². The van der Waals surface area contributed by atoms with Crippen LogP contribution in [0.1, 0.15) is 25.3 Å². The highest BCUT2D eigenvalue weighted by Crippen LogP contribution is 1.97. The first-order valence-corrected chi connectivity index (χ1v) is 5.06. The Hall–Kier alpha value is -1.09. The van der Waals surface area contributed by atoms with Crippen LogP contribution in [0.2, 0.25) is 0 Å². The molecule has 0 saturated carbocycles. The van der Waals surface area contributed by atoms with E-state index in [-0.39, 0.29) is 11.6 Å². The van der Waals surface area contributed by atoms with E-state index in [2.05, 4.69) is 6.92 Å². The van der Waals surface area contributed by atoms with Crippen molar-refractivity contribution < 1.29 is 0 Å². The average Bonchev–Trinajstić information content (AvgIpc) is 2.10. The summed E-state index contributed by atoms with van der Waals surface area (Å²) in [5, 5.41) is 0. The van der Waals surface area contributed by atoms with E-state index < -0.39 is 0 Å².